The summed E-state index contributed by atoms with van der Waals surface area (Å²) in [6.45, 7) is 0. The number of halogens is 1. The largest absolute Gasteiger partial charge is 0.323 e. The number of carbonyl (C=O) groups is 2. The average molecular weight is 366 g/mol. The summed E-state index contributed by atoms with van der Waals surface area (Å²) in [5.74, 6) is -0.255. The van der Waals surface area contributed by atoms with Crippen LogP contribution < -0.4 is 16.0 Å². The molecule has 5 nitrogen and oxygen atoms in total. The van der Waals surface area contributed by atoms with Gasteiger partial charge in [-0.15, -0.1) is 0 Å². The van der Waals surface area contributed by atoms with E-state index >= 15 is 0 Å². The first-order valence-corrected chi connectivity index (χ1v) is 8.28. The molecular weight excluding hydrogens is 350 g/mol. The molecule has 0 aliphatic heterocycles. The van der Waals surface area contributed by atoms with Crippen LogP contribution in [-0.4, -0.2) is 11.9 Å². The molecule has 26 heavy (non-hydrogen) atoms. The molecule has 0 unspecified atom stereocenters. The van der Waals surface area contributed by atoms with Gasteiger partial charge in [0.2, 0.25) is 0 Å². The van der Waals surface area contributed by atoms with Gasteiger partial charge in [-0.1, -0.05) is 48.0 Å². The molecule has 3 N–H and O–H groups in total. The number of para-hydroxylation sites is 1. The second kappa shape index (κ2) is 8.18. The van der Waals surface area contributed by atoms with Crippen LogP contribution in [0.2, 0.25) is 5.02 Å². The molecule has 0 fully saturated rings. The van der Waals surface area contributed by atoms with Crippen molar-refractivity contribution < 1.29 is 9.59 Å². The molecule has 3 rings (SSSR count). The molecule has 0 spiro atoms. The van der Waals surface area contributed by atoms with Crippen LogP contribution in [0.4, 0.5) is 21.9 Å². The highest BCUT2D eigenvalue weighted by atomic mass is 35.5. The fourth-order valence-electron chi connectivity index (χ4n) is 2.29. The molecule has 0 aliphatic rings. The maximum absolute atomic E-state index is 12.2. The molecule has 3 amide bonds. The van der Waals surface area contributed by atoms with Crippen molar-refractivity contribution in [1.82, 2.24) is 0 Å². The first kappa shape index (κ1) is 17.5. The van der Waals surface area contributed by atoms with Crippen molar-refractivity contribution in [3.05, 3.63) is 89.4 Å². The highest BCUT2D eigenvalue weighted by Crippen LogP contribution is 2.26. The molecular formula is C20H16ClN3O2. The monoisotopic (exact) mass is 365 g/mol. The SMILES string of the molecule is O=C(Nc1ccccc1)Nc1ccc(NC(=O)c2ccccc2)c(Cl)c1. The Morgan fingerprint density at radius 3 is 1.96 bits per heavy atom. The zero-order valence-electron chi connectivity index (χ0n) is 13.7. The normalized spacial score (nSPS) is 10.0. The smallest absolute Gasteiger partial charge is 0.321 e. The van der Waals surface area contributed by atoms with E-state index in [1.807, 2.05) is 24.3 Å². The highest BCUT2D eigenvalue weighted by Gasteiger charge is 2.10. The quantitative estimate of drug-likeness (QED) is 0.592. The topological polar surface area (TPSA) is 70.2 Å². The van der Waals surface area contributed by atoms with Crippen molar-refractivity contribution in [2.75, 3.05) is 16.0 Å². The number of hydrogen-bond donors (Lipinski definition) is 3. The van der Waals surface area contributed by atoms with Crippen molar-refractivity contribution in [3.63, 3.8) is 0 Å². The van der Waals surface area contributed by atoms with Gasteiger partial charge in [0.25, 0.3) is 5.91 Å². The van der Waals surface area contributed by atoms with Gasteiger partial charge in [0.1, 0.15) is 0 Å². The van der Waals surface area contributed by atoms with E-state index in [2.05, 4.69) is 16.0 Å². The van der Waals surface area contributed by atoms with Crippen molar-refractivity contribution in [2.45, 2.75) is 0 Å². The number of rotatable bonds is 4. The summed E-state index contributed by atoms with van der Waals surface area (Å²) in [7, 11) is 0. The van der Waals surface area contributed by atoms with Crippen molar-refractivity contribution in [3.8, 4) is 0 Å². The summed E-state index contributed by atoms with van der Waals surface area (Å²) >= 11 is 6.22. The molecule has 0 heterocycles. The van der Waals surface area contributed by atoms with Gasteiger partial charge in [0.05, 0.1) is 10.7 Å². The first-order valence-electron chi connectivity index (χ1n) is 7.91. The lowest BCUT2D eigenvalue weighted by Gasteiger charge is -2.11. The molecule has 130 valence electrons. The van der Waals surface area contributed by atoms with Crippen molar-refractivity contribution in [1.29, 1.82) is 0 Å². The second-order valence-corrected chi connectivity index (χ2v) is 5.87. The molecule has 6 heteroatoms. The number of carbonyl (C=O) groups excluding carboxylic acids is 2. The van der Waals surface area contributed by atoms with Crippen LogP contribution in [0.3, 0.4) is 0 Å². The van der Waals surface area contributed by atoms with Gasteiger partial charge in [0.15, 0.2) is 0 Å². The van der Waals surface area contributed by atoms with Crippen LogP contribution in [0, 0.1) is 0 Å². The molecule has 0 radical (unpaired) electrons. The fourth-order valence-corrected chi connectivity index (χ4v) is 2.52. The van der Waals surface area contributed by atoms with E-state index in [-0.39, 0.29) is 11.9 Å². The summed E-state index contributed by atoms with van der Waals surface area (Å²) in [5, 5.41) is 8.48. The van der Waals surface area contributed by atoms with Gasteiger partial charge >= 0.3 is 6.03 Å². The van der Waals surface area contributed by atoms with E-state index in [1.54, 1.807) is 54.6 Å². The Morgan fingerprint density at radius 2 is 1.31 bits per heavy atom. The molecule has 3 aromatic rings. The van der Waals surface area contributed by atoms with E-state index in [0.29, 0.717) is 27.6 Å². The third kappa shape index (κ3) is 4.62. The Labute approximate surface area is 156 Å². The van der Waals surface area contributed by atoms with Crippen LogP contribution in [0.15, 0.2) is 78.9 Å². The van der Waals surface area contributed by atoms with Gasteiger partial charge in [-0.25, -0.2) is 4.79 Å². The van der Waals surface area contributed by atoms with Crippen LogP contribution in [0.1, 0.15) is 10.4 Å². The summed E-state index contributed by atoms with van der Waals surface area (Å²) in [6, 6.07) is 22.4. The van der Waals surface area contributed by atoms with Crippen LogP contribution in [0.25, 0.3) is 0 Å². The number of benzene rings is 3. The molecule has 0 saturated heterocycles. The minimum absolute atomic E-state index is 0.255. The number of hydrogen-bond acceptors (Lipinski definition) is 2. The van der Waals surface area contributed by atoms with E-state index < -0.39 is 0 Å². The Kier molecular flexibility index (Phi) is 5.51. The van der Waals surface area contributed by atoms with Gasteiger partial charge in [-0.05, 0) is 42.5 Å². The molecule has 0 saturated carbocycles. The Morgan fingerprint density at radius 1 is 0.692 bits per heavy atom. The van der Waals surface area contributed by atoms with Crippen LogP contribution in [-0.2, 0) is 0 Å². The summed E-state index contributed by atoms with van der Waals surface area (Å²) < 4.78 is 0. The molecule has 0 bridgehead atoms. The van der Waals surface area contributed by atoms with E-state index in [9.17, 15) is 9.59 Å². The predicted octanol–water partition coefficient (Wildman–Crippen LogP) is 5.24. The first-order chi connectivity index (χ1) is 12.6. The standard InChI is InChI=1S/C20H16ClN3O2/c21-17-13-16(23-20(26)22-15-9-5-2-6-10-15)11-12-18(17)24-19(25)14-7-3-1-4-8-14/h1-13H,(H,24,25)(H2,22,23,26). The van der Waals surface area contributed by atoms with Crippen LogP contribution >= 0.6 is 11.6 Å². The third-order valence-corrected chi connectivity index (χ3v) is 3.86. The van der Waals surface area contributed by atoms with Gasteiger partial charge in [0, 0.05) is 16.9 Å². The minimum atomic E-state index is -0.381. The molecule has 0 atom stereocenters. The van der Waals surface area contributed by atoms with Gasteiger partial charge < -0.3 is 16.0 Å². The Balaban J connectivity index is 1.64. The second-order valence-electron chi connectivity index (χ2n) is 5.46. The predicted molar refractivity (Wildman–Crippen MR) is 105 cm³/mol. The molecule has 3 aromatic carbocycles. The summed E-state index contributed by atoms with van der Waals surface area (Å²) in [5.41, 5.74) is 2.20. The zero-order valence-corrected chi connectivity index (χ0v) is 14.5. The minimum Gasteiger partial charge on any atom is -0.321 e. The van der Waals surface area contributed by atoms with Crippen molar-refractivity contribution >= 4 is 40.6 Å². The third-order valence-electron chi connectivity index (χ3n) is 3.54. The Bertz CT molecular complexity index is 915. The van der Waals surface area contributed by atoms with Crippen LogP contribution in [0.5, 0.6) is 0 Å². The zero-order chi connectivity index (χ0) is 18.4. The van der Waals surface area contributed by atoms with E-state index in [4.69, 9.17) is 11.6 Å². The Hall–Kier alpha value is -3.31. The summed E-state index contributed by atoms with van der Waals surface area (Å²) in [6.07, 6.45) is 0. The molecule has 0 aromatic heterocycles. The lowest BCUT2D eigenvalue weighted by Crippen LogP contribution is -2.19. The average Bonchev–Trinajstić information content (AvgIpc) is 2.65. The number of nitrogens with one attached hydrogen (secondary N) is 3. The molecule has 0 aliphatic carbocycles. The number of urea groups is 1. The van der Waals surface area contributed by atoms with E-state index in [0.717, 1.165) is 0 Å². The number of amides is 3. The highest BCUT2D eigenvalue weighted by molar-refractivity contribution is 6.34. The van der Waals surface area contributed by atoms with Gasteiger partial charge in [-0.2, -0.15) is 0 Å². The van der Waals surface area contributed by atoms with Crippen molar-refractivity contribution in [2.24, 2.45) is 0 Å². The lowest BCUT2D eigenvalue weighted by molar-refractivity contribution is 0.102. The van der Waals surface area contributed by atoms with Gasteiger partial charge in [-0.3, -0.25) is 4.79 Å². The lowest BCUT2D eigenvalue weighted by atomic mass is 10.2. The van der Waals surface area contributed by atoms with E-state index in [1.165, 1.54) is 0 Å². The number of anilines is 3. The maximum Gasteiger partial charge on any atom is 0.323 e. The summed E-state index contributed by atoms with van der Waals surface area (Å²) in [4.78, 5) is 24.2. The fraction of sp³-hybridized carbons (Fsp3) is 0. The maximum atomic E-state index is 12.2.